The maximum atomic E-state index is 13.3. The Morgan fingerprint density at radius 2 is 1.66 bits per heavy atom. The lowest BCUT2D eigenvalue weighted by molar-refractivity contribution is -0.140. The maximum absolute atomic E-state index is 13.3. The van der Waals surface area contributed by atoms with Crippen LogP contribution in [0.4, 0.5) is 4.39 Å². The zero-order valence-corrected chi connectivity index (χ0v) is 16.9. The SMILES string of the molecule is CC(C(=O)NC1CCCCC1)N(Cc1ccc(F)cc1)C(=O)Cc1ccccc1. The Balaban J connectivity index is 1.73. The summed E-state index contributed by atoms with van der Waals surface area (Å²) in [7, 11) is 0. The van der Waals surface area contributed by atoms with Crippen LogP contribution in [0.25, 0.3) is 0 Å². The van der Waals surface area contributed by atoms with Crippen molar-refractivity contribution in [2.75, 3.05) is 0 Å². The third-order valence-electron chi connectivity index (χ3n) is 5.58. The first kappa shape index (κ1) is 21.0. The number of rotatable bonds is 7. The van der Waals surface area contributed by atoms with E-state index in [0.717, 1.165) is 36.8 Å². The summed E-state index contributed by atoms with van der Waals surface area (Å²) < 4.78 is 13.3. The lowest BCUT2D eigenvalue weighted by atomic mass is 9.95. The Kier molecular flexibility index (Phi) is 7.39. The smallest absolute Gasteiger partial charge is 0.242 e. The fourth-order valence-corrected chi connectivity index (χ4v) is 3.81. The van der Waals surface area contributed by atoms with Gasteiger partial charge in [0.25, 0.3) is 0 Å². The molecule has 154 valence electrons. The van der Waals surface area contributed by atoms with Crippen molar-refractivity contribution < 1.29 is 14.0 Å². The van der Waals surface area contributed by atoms with E-state index in [0.29, 0.717) is 0 Å². The van der Waals surface area contributed by atoms with Crippen LogP contribution in [-0.4, -0.2) is 28.8 Å². The summed E-state index contributed by atoms with van der Waals surface area (Å²) in [4.78, 5) is 27.6. The maximum Gasteiger partial charge on any atom is 0.242 e. The largest absolute Gasteiger partial charge is 0.352 e. The molecule has 5 heteroatoms. The summed E-state index contributed by atoms with van der Waals surface area (Å²) in [6, 6.07) is 15.2. The molecular weight excluding hydrogens is 367 g/mol. The highest BCUT2D eigenvalue weighted by Gasteiger charge is 2.28. The zero-order valence-electron chi connectivity index (χ0n) is 16.9. The van der Waals surface area contributed by atoms with Crippen molar-refractivity contribution in [3.05, 3.63) is 71.5 Å². The Bertz CT molecular complexity index is 801. The first-order chi connectivity index (χ1) is 14.0. The Morgan fingerprint density at radius 3 is 2.31 bits per heavy atom. The normalized spacial score (nSPS) is 15.5. The second-order valence-electron chi connectivity index (χ2n) is 7.83. The fraction of sp³-hybridized carbons (Fsp3) is 0.417. The van der Waals surface area contributed by atoms with Crippen LogP contribution in [0.15, 0.2) is 54.6 Å². The molecule has 0 aliphatic heterocycles. The number of carbonyl (C=O) groups excluding carboxylic acids is 2. The number of amides is 2. The summed E-state index contributed by atoms with van der Waals surface area (Å²) in [5, 5.41) is 3.12. The summed E-state index contributed by atoms with van der Waals surface area (Å²) in [5.41, 5.74) is 1.70. The van der Waals surface area contributed by atoms with Crippen LogP contribution >= 0.6 is 0 Å². The molecule has 2 aromatic rings. The van der Waals surface area contributed by atoms with Gasteiger partial charge >= 0.3 is 0 Å². The average molecular weight is 397 g/mol. The van der Waals surface area contributed by atoms with E-state index in [1.54, 1.807) is 24.0 Å². The number of halogens is 1. The van der Waals surface area contributed by atoms with Gasteiger partial charge in [0, 0.05) is 12.6 Å². The van der Waals surface area contributed by atoms with Crippen molar-refractivity contribution in [2.45, 2.75) is 64.1 Å². The van der Waals surface area contributed by atoms with Gasteiger partial charge in [0.15, 0.2) is 0 Å². The van der Waals surface area contributed by atoms with Gasteiger partial charge in [0.2, 0.25) is 11.8 Å². The standard InChI is InChI=1S/C24H29FN2O2/c1-18(24(29)26-22-10-6-3-7-11-22)27(17-20-12-14-21(25)15-13-20)23(28)16-19-8-4-2-5-9-19/h2,4-5,8-9,12-15,18,22H,3,6-7,10-11,16-17H2,1H3,(H,26,29). The fourth-order valence-electron chi connectivity index (χ4n) is 3.81. The Morgan fingerprint density at radius 1 is 1.00 bits per heavy atom. The molecule has 2 amide bonds. The first-order valence-electron chi connectivity index (χ1n) is 10.4. The highest BCUT2D eigenvalue weighted by atomic mass is 19.1. The Labute approximate surface area is 172 Å². The van der Waals surface area contributed by atoms with Crippen molar-refractivity contribution in [3.63, 3.8) is 0 Å². The summed E-state index contributed by atoms with van der Waals surface area (Å²) in [6.45, 7) is 2.04. The van der Waals surface area contributed by atoms with Crippen molar-refractivity contribution in [3.8, 4) is 0 Å². The topological polar surface area (TPSA) is 49.4 Å². The number of hydrogen-bond acceptors (Lipinski definition) is 2. The molecule has 2 aromatic carbocycles. The minimum Gasteiger partial charge on any atom is -0.352 e. The van der Waals surface area contributed by atoms with Crippen molar-refractivity contribution >= 4 is 11.8 Å². The molecule has 1 fully saturated rings. The number of hydrogen-bond donors (Lipinski definition) is 1. The molecule has 0 radical (unpaired) electrons. The third kappa shape index (κ3) is 6.14. The van der Waals surface area contributed by atoms with Crippen LogP contribution in [0.5, 0.6) is 0 Å². The van der Waals surface area contributed by atoms with E-state index in [1.165, 1.54) is 18.6 Å². The van der Waals surface area contributed by atoms with E-state index in [9.17, 15) is 14.0 Å². The number of nitrogens with one attached hydrogen (secondary N) is 1. The molecule has 4 nitrogen and oxygen atoms in total. The van der Waals surface area contributed by atoms with E-state index >= 15 is 0 Å². The molecule has 0 aromatic heterocycles. The molecule has 0 spiro atoms. The van der Waals surface area contributed by atoms with Gasteiger partial charge in [-0.2, -0.15) is 0 Å². The summed E-state index contributed by atoms with van der Waals surface area (Å²) in [5.74, 6) is -0.564. The average Bonchev–Trinajstić information content (AvgIpc) is 2.74. The van der Waals surface area contributed by atoms with Gasteiger partial charge in [-0.3, -0.25) is 9.59 Å². The van der Waals surface area contributed by atoms with E-state index < -0.39 is 6.04 Å². The quantitative estimate of drug-likeness (QED) is 0.761. The minimum atomic E-state index is -0.599. The number of benzene rings is 2. The molecule has 1 N–H and O–H groups in total. The molecular formula is C24H29FN2O2. The molecule has 1 unspecified atom stereocenters. The van der Waals surface area contributed by atoms with Gasteiger partial charge in [0.1, 0.15) is 11.9 Å². The second-order valence-corrected chi connectivity index (χ2v) is 7.83. The van der Waals surface area contributed by atoms with Crippen LogP contribution in [-0.2, 0) is 22.6 Å². The lowest BCUT2D eigenvalue weighted by Gasteiger charge is -2.31. The van der Waals surface area contributed by atoms with E-state index in [2.05, 4.69) is 5.32 Å². The summed E-state index contributed by atoms with van der Waals surface area (Å²) >= 11 is 0. The zero-order chi connectivity index (χ0) is 20.6. The molecule has 3 rings (SSSR count). The van der Waals surface area contributed by atoms with Crippen LogP contribution in [0.3, 0.4) is 0 Å². The second kappa shape index (κ2) is 10.2. The molecule has 1 atom stereocenters. The highest BCUT2D eigenvalue weighted by Crippen LogP contribution is 2.18. The van der Waals surface area contributed by atoms with Crippen LogP contribution in [0.2, 0.25) is 0 Å². The van der Waals surface area contributed by atoms with Gasteiger partial charge in [-0.1, -0.05) is 61.7 Å². The number of nitrogens with zero attached hydrogens (tertiary/aromatic N) is 1. The molecule has 29 heavy (non-hydrogen) atoms. The van der Waals surface area contributed by atoms with Gasteiger partial charge in [0.05, 0.1) is 6.42 Å². The molecule has 1 aliphatic rings. The molecule has 0 bridgehead atoms. The van der Waals surface area contributed by atoms with Crippen molar-refractivity contribution in [1.29, 1.82) is 0 Å². The van der Waals surface area contributed by atoms with Crippen molar-refractivity contribution in [1.82, 2.24) is 10.2 Å². The van der Waals surface area contributed by atoms with Gasteiger partial charge < -0.3 is 10.2 Å². The monoisotopic (exact) mass is 396 g/mol. The van der Waals surface area contributed by atoms with Crippen LogP contribution in [0.1, 0.15) is 50.2 Å². The van der Waals surface area contributed by atoms with Gasteiger partial charge in [-0.25, -0.2) is 4.39 Å². The summed E-state index contributed by atoms with van der Waals surface area (Å²) in [6.07, 6.45) is 5.69. The number of carbonyl (C=O) groups is 2. The molecule has 0 saturated heterocycles. The van der Waals surface area contributed by atoms with Gasteiger partial charge in [-0.05, 0) is 43.0 Å². The lowest BCUT2D eigenvalue weighted by Crippen LogP contribution is -2.50. The molecule has 1 saturated carbocycles. The van der Waals surface area contributed by atoms with E-state index in [4.69, 9.17) is 0 Å². The van der Waals surface area contributed by atoms with Crippen LogP contribution in [0, 0.1) is 5.82 Å². The predicted octanol–water partition coefficient (Wildman–Crippen LogP) is 4.23. The first-order valence-corrected chi connectivity index (χ1v) is 10.4. The van der Waals surface area contributed by atoms with Gasteiger partial charge in [-0.15, -0.1) is 0 Å². The predicted molar refractivity (Wildman–Crippen MR) is 112 cm³/mol. The third-order valence-corrected chi connectivity index (χ3v) is 5.58. The van der Waals surface area contributed by atoms with E-state index in [-0.39, 0.29) is 36.6 Å². The molecule has 1 aliphatic carbocycles. The molecule has 0 heterocycles. The minimum absolute atomic E-state index is 0.119. The van der Waals surface area contributed by atoms with Crippen molar-refractivity contribution in [2.24, 2.45) is 0 Å². The Hall–Kier alpha value is -2.69. The van der Waals surface area contributed by atoms with Crippen LogP contribution < -0.4 is 5.32 Å². The highest BCUT2D eigenvalue weighted by molar-refractivity contribution is 5.88. The van der Waals surface area contributed by atoms with E-state index in [1.807, 2.05) is 30.3 Å².